The molecule has 2 aliphatic rings. The number of nitrogens with zero attached hydrogens (tertiary/aromatic N) is 2. The van der Waals surface area contributed by atoms with Crippen molar-refractivity contribution in [3.63, 3.8) is 0 Å². The molecule has 1 atom stereocenters. The molecule has 1 aromatic rings. The van der Waals surface area contributed by atoms with E-state index in [9.17, 15) is 9.59 Å². The van der Waals surface area contributed by atoms with Crippen LogP contribution in [0.15, 0.2) is 11.6 Å². The van der Waals surface area contributed by atoms with E-state index in [4.69, 9.17) is 0 Å². The van der Waals surface area contributed by atoms with Crippen molar-refractivity contribution in [2.75, 3.05) is 13.1 Å². The van der Waals surface area contributed by atoms with Crippen molar-refractivity contribution in [3.05, 3.63) is 16.6 Å². The second-order valence-electron chi connectivity index (χ2n) is 5.74. The summed E-state index contributed by atoms with van der Waals surface area (Å²) in [6.45, 7) is 3.04. The van der Waals surface area contributed by atoms with Crippen LogP contribution in [0.5, 0.6) is 0 Å². The van der Waals surface area contributed by atoms with Crippen LogP contribution >= 0.6 is 11.3 Å². The van der Waals surface area contributed by atoms with Crippen molar-refractivity contribution < 1.29 is 9.59 Å². The molecule has 2 fully saturated rings. The van der Waals surface area contributed by atoms with Gasteiger partial charge in [-0.25, -0.2) is 4.98 Å². The van der Waals surface area contributed by atoms with Crippen LogP contribution in [-0.4, -0.2) is 40.3 Å². The molecule has 0 aromatic carbocycles. The van der Waals surface area contributed by atoms with Crippen molar-refractivity contribution in [1.29, 1.82) is 0 Å². The van der Waals surface area contributed by atoms with Gasteiger partial charge in [0.1, 0.15) is 5.54 Å². The lowest BCUT2D eigenvalue weighted by Crippen LogP contribution is -2.56. The van der Waals surface area contributed by atoms with Crippen LogP contribution < -0.4 is 5.32 Å². The highest BCUT2D eigenvalue weighted by Crippen LogP contribution is 2.41. The van der Waals surface area contributed by atoms with Gasteiger partial charge in [-0.05, 0) is 25.7 Å². The van der Waals surface area contributed by atoms with E-state index in [1.54, 1.807) is 17.5 Å². The first-order valence-corrected chi connectivity index (χ1v) is 7.96. The molecule has 5 nitrogen and oxygen atoms in total. The van der Waals surface area contributed by atoms with Crippen LogP contribution in [-0.2, 0) is 16.0 Å². The van der Waals surface area contributed by atoms with E-state index in [1.807, 2.05) is 17.2 Å². The average Bonchev–Trinajstić information content (AvgIpc) is 3.17. The van der Waals surface area contributed by atoms with Gasteiger partial charge in [0.2, 0.25) is 11.8 Å². The fourth-order valence-corrected chi connectivity index (χ4v) is 3.44. The van der Waals surface area contributed by atoms with Crippen LogP contribution in [0.1, 0.15) is 31.2 Å². The van der Waals surface area contributed by atoms with Crippen molar-refractivity contribution in [3.8, 4) is 0 Å². The van der Waals surface area contributed by atoms with Gasteiger partial charge in [-0.1, -0.05) is 0 Å². The van der Waals surface area contributed by atoms with E-state index < -0.39 is 5.54 Å². The van der Waals surface area contributed by atoms with Crippen LogP contribution in [0.4, 0.5) is 0 Å². The normalized spacial score (nSPS) is 27.4. The lowest BCUT2D eigenvalue weighted by Gasteiger charge is -2.32. The summed E-state index contributed by atoms with van der Waals surface area (Å²) in [7, 11) is 0. The number of carbonyl (C=O) groups is 2. The quantitative estimate of drug-likeness (QED) is 0.907. The van der Waals surface area contributed by atoms with Crippen molar-refractivity contribution in [1.82, 2.24) is 15.2 Å². The van der Waals surface area contributed by atoms with Gasteiger partial charge >= 0.3 is 0 Å². The van der Waals surface area contributed by atoms with Crippen molar-refractivity contribution in [2.45, 2.75) is 38.1 Å². The molecule has 1 N–H and O–H groups in total. The molecule has 20 heavy (non-hydrogen) atoms. The third kappa shape index (κ3) is 2.57. The van der Waals surface area contributed by atoms with Gasteiger partial charge in [-0.3, -0.25) is 9.59 Å². The Kier molecular flexibility index (Phi) is 3.50. The third-order valence-corrected chi connectivity index (χ3v) is 5.05. The molecule has 0 radical (unpaired) electrons. The first kappa shape index (κ1) is 13.5. The molecular formula is C14H19N3O2S. The minimum absolute atomic E-state index is 0.00972. The van der Waals surface area contributed by atoms with Gasteiger partial charge in [-0.2, -0.15) is 0 Å². The summed E-state index contributed by atoms with van der Waals surface area (Å²) in [4.78, 5) is 30.7. The smallest absolute Gasteiger partial charge is 0.248 e. The van der Waals surface area contributed by atoms with E-state index in [1.165, 1.54) is 0 Å². The van der Waals surface area contributed by atoms with Gasteiger partial charge in [-0.15, -0.1) is 11.3 Å². The molecule has 1 aromatic heterocycles. The molecule has 0 bridgehead atoms. The lowest BCUT2D eigenvalue weighted by molar-refractivity contribution is -0.139. The summed E-state index contributed by atoms with van der Waals surface area (Å²) >= 11 is 1.61. The van der Waals surface area contributed by atoms with Crippen LogP contribution in [0.2, 0.25) is 0 Å². The van der Waals surface area contributed by atoms with E-state index in [0.717, 1.165) is 24.3 Å². The summed E-state index contributed by atoms with van der Waals surface area (Å²) in [6, 6.07) is 0. The molecule has 6 heteroatoms. The van der Waals surface area contributed by atoms with Crippen LogP contribution in [0.3, 0.4) is 0 Å². The number of carbonyl (C=O) groups excluding carboxylic acids is 2. The zero-order chi connectivity index (χ0) is 14.2. The number of nitrogens with one attached hydrogen (secondary N) is 1. The van der Waals surface area contributed by atoms with Gasteiger partial charge in [0.25, 0.3) is 0 Å². The molecule has 1 saturated heterocycles. The molecular weight excluding hydrogens is 274 g/mol. The number of rotatable bonds is 4. The Hall–Kier alpha value is -1.43. The van der Waals surface area contributed by atoms with E-state index in [2.05, 4.69) is 10.3 Å². The maximum absolute atomic E-state index is 12.7. The van der Waals surface area contributed by atoms with Crippen molar-refractivity contribution >= 4 is 23.2 Å². The lowest BCUT2D eigenvalue weighted by atomic mass is 9.94. The van der Waals surface area contributed by atoms with Gasteiger partial charge in [0, 0.05) is 37.5 Å². The minimum Gasteiger partial charge on any atom is -0.342 e. The number of amides is 2. The SMILES string of the molecule is CC1(C2CC2)NC(=O)CCN(CCc2nccs2)C1=O. The zero-order valence-corrected chi connectivity index (χ0v) is 12.4. The Labute approximate surface area is 122 Å². The molecule has 1 aliphatic heterocycles. The largest absolute Gasteiger partial charge is 0.342 e. The Balaban J connectivity index is 1.72. The molecule has 1 aliphatic carbocycles. The maximum atomic E-state index is 12.7. The summed E-state index contributed by atoms with van der Waals surface area (Å²) < 4.78 is 0. The van der Waals surface area contributed by atoms with Crippen LogP contribution in [0.25, 0.3) is 0 Å². The fraction of sp³-hybridized carbons (Fsp3) is 0.643. The Morgan fingerprint density at radius 1 is 1.50 bits per heavy atom. The Morgan fingerprint density at radius 3 is 2.95 bits per heavy atom. The van der Waals surface area contributed by atoms with Gasteiger partial charge < -0.3 is 10.2 Å². The first-order valence-electron chi connectivity index (χ1n) is 7.08. The van der Waals surface area contributed by atoms with Crippen molar-refractivity contribution in [2.24, 2.45) is 5.92 Å². The highest BCUT2D eigenvalue weighted by molar-refractivity contribution is 7.09. The highest BCUT2D eigenvalue weighted by atomic mass is 32.1. The second kappa shape index (κ2) is 5.16. The monoisotopic (exact) mass is 293 g/mol. The highest BCUT2D eigenvalue weighted by Gasteiger charge is 2.50. The topological polar surface area (TPSA) is 62.3 Å². The number of aromatic nitrogens is 1. The number of thiazole rings is 1. The molecule has 0 spiro atoms. The Bertz CT molecular complexity index is 512. The predicted molar refractivity (Wildman–Crippen MR) is 76.3 cm³/mol. The zero-order valence-electron chi connectivity index (χ0n) is 11.6. The maximum Gasteiger partial charge on any atom is 0.248 e. The second-order valence-corrected chi connectivity index (χ2v) is 6.72. The first-order chi connectivity index (χ1) is 9.59. The summed E-state index contributed by atoms with van der Waals surface area (Å²) in [5.41, 5.74) is -0.698. The van der Waals surface area contributed by atoms with E-state index in [0.29, 0.717) is 25.4 Å². The standard InChI is InChI=1S/C14H19N3O2S/c1-14(10-2-3-10)13(19)17(7-4-11(18)16-14)8-5-12-15-6-9-20-12/h6,9-10H,2-5,7-8H2,1H3,(H,16,18). The molecule has 2 heterocycles. The molecule has 108 valence electrons. The van der Waals surface area contributed by atoms with Gasteiger partial charge in [0.15, 0.2) is 0 Å². The number of hydrogen-bond donors (Lipinski definition) is 1. The van der Waals surface area contributed by atoms with E-state index >= 15 is 0 Å². The average molecular weight is 293 g/mol. The molecule has 2 amide bonds. The summed E-state index contributed by atoms with van der Waals surface area (Å²) in [5.74, 6) is 0.367. The molecule has 1 unspecified atom stereocenters. The Morgan fingerprint density at radius 2 is 2.30 bits per heavy atom. The molecule has 1 saturated carbocycles. The van der Waals surface area contributed by atoms with Crippen LogP contribution in [0, 0.1) is 5.92 Å². The van der Waals surface area contributed by atoms with E-state index in [-0.39, 0.29) is 11.8 Å². The molecule has 3 rings (SSSR count). The number of hydrogen-bond acceptors (Lipinski definition) is 4. The fourth-order valence-electron chi connectivity index (χ4n) is 2.83. The third-order valence-electron chi connectivity index (χ3n) is 4.21. The summed E-state index contributed by atoms with van der Waals surface area (Å²) in [5, 5.41) is 5.93. The van der Waals surface area contributed by atoms with Gasteiger partial charge in [0.05, 0.1) is 5.01 Å². The summed E-state index contributed by atoms with van der Waals surface area (Å²) in [6.07, 6.45) is 5.00. The minimum atomic E-state index is -0.698. The predicted octanol–water partition coefficient (Wildman–Crippen LogP) is 1.20.